The number of anilines is 1. The fourth-order valence-corrected chi connectivity index (χ4v) is 2.22. The van der Waals surface area contributed by atoms with Crippen LogP contribution in [0.15, 0.2) is 18.2 Å². The van der Waals surface area contributed by atoms with Gasteiger partial charge in [0, 0.05) is 5.56 Å². The highest BCUT2D eigenvalue weighted by atomic mass is 35.5. The zero-order valence-electron chi connectivity index (χ0n) is 12.3. The molecule has 1 aliphatic rings. The summed E-state index contributed by atoms with van der Waals surface area (Å²) in [6, 6.07) is 4.68. The van der Waals surface area contributed by atoms with Crippen molar-refractivity contribution in [2.24, 2.45) is 0 Å². The average molecular weight is 326 g/mol. The van der Waals surface area contributed by atoms with Gasteiger partial charge in [-0.1, -0.05) is 0 Å². The van der Waals surface area contributed by atoms with E-state index >= 15 is 0 Å². The lowest BCUT2D eigenvalue weighted by atomic mass is 10.1. The Labute approximate surface area is 132 Å². The monoisotopic (exact) mass is 325 g/mol. The molecule has 7 heteroatoms. The summed E-state index contributed by atoms with van der Waals surface area (Å²) in [5, 5.41) is -0.684. The van der Waals surface area contributed by atoms with E-state index in [1.54, 1.807) is 26.0 Å². The first-order valence-corrected chi connectivity index (χ1v) is 7.28. The van der Waals surface area contributed by atoms with Crippen LogP contribution in [-0.4, -0.2) is 42.8 Å². The molecular weight excluding hydrogens is 310 g/mol. The Morgan fingerprint density at radius 2 is 2.18 bits per heavy atom. The van der Waals surface area contributed by atoms with Crippen LogP contribution in [0.2, 0.25) is 0 Å². The van der Waals surface area contributed by atoms with Crippen molar-refractivity contribution in [1.82, 2.24) is 0 Å². The molecule has 1 aromatic carbocycles. The number of ether oxygens (including phenoxy) is 2. The Balaban J connectivity index is 2.34. The molecule has 118 valence electrons. The topological polar surface area (TPSA) is 72.9 Å². The summed E-state index contributed by atoms with van der Waals surface area (Å²) in [5.74, 6) is -0.725. The van der Waals surface area contributed by atoms with Crippen LogP contribution in [0.5, 0.6) is 5.75 Å². The third-order valence-electron chi connectivity index (χ3n) is 3.14. The van der Waals surface area contributed by atoms with Crippen LogP contribution in [0.3, 0.4) is 0 Å². The molecule has 1 aromatic rings. The number of alkyl halides is 1. The Hall–Kier alpha value is -2.08. The first-order chi connectivity index (χ1) is 10.4. The minimum atomic E-state index is -0.684. The first-order valence-electron chi connectivity index (χ1n) is 6.85. The predicted molar refractivity (Wildman–Crippen MR) is 80.6 cm³/mol. The number of hydrogen-bond donors (Lipinski definition) is 0. The number of nitrogens with zero attached hydrogens (tertiary/aromatic N) is 1. The van der Waals surface area contributed by atoms with E-state index in [1.807, 2.05) is 0 Å². The van der Waals surface area contributed by atoms with Crippen molar-refractivity contribution in [2.75, 3.05) is 24.7 Å². The number of esters is 1. The average Bonchev–Trinajstić information content (AvgIpc) is 2.49. The maximum absolute atomic E-state index is 12.0. The molecule has 0 fully saturated rings. The highest BCUT2D eigenvalue weighted by molar-refractivity contribution is 6.33. The zero-order chi connectivity index (χ0) is 16.3. The van der Waals surface area contributed by atoms with Crippen LogP contribution in [-0.2, 0) is 14.3 Å². The van der Waals surface area contributed by atoms with Gasteiger partial charge in [-0.05, 0) is 32.0 Å². The predicted octanol–water partition coefficient (Wildman–Crippen LogP) is 1.79. The number of benzene rings is 1. The fourth-order valence-electron chi connectivity index (χ4n) is 2.09. The van der Waals surface area contributed by atoms with Gasteiger partial charge >= 0.3 is 5.97 Å². The molecule has 0 aromatic heterocycles. The summed E-state index contributed by atoms with van der Waals surface area (Å²) in [6.07, 6.45) is 0. The number of halogens is 1. The number of fused-ring (bicyclic) bond motifs is 1. The molecule has 1 aliphatic heterocycles. The highest BCUT2D eigenvalue weighted by Crippen LogP contribution is 2.33. The quantitative estimate of drug-likeness (QED) is 0.469. The number of hydrogen-bond acceptors (Lipinski definition) is 5. The molecule has 1 unspecified atom stereocenters. The van der Waals surface area contributed by atoms with Gasteiger partial charge in [0.05, 0.1) is 17.7 Å². The lowest BCUT2D eigenvalue weighted by Gasteiger charge is -2.29. The van der Waals surface area contributed by atoms with Crippen LogP contribution in [0, 0.1) is 0 Å². The van der Waals surface area contributed by atoms with Gasteiger partial charge in [0.1, 0.15) is 12.3 Å². The lowest BCUT2D eigenvalue weighted by Crippen LogP contribution is -2.42. The molecule has 6 nitrogen and oxygen atoms in total. The van der Waals surface area contributed by atoms with E-state index in [0.29, 0.717) is 17.0 Å². The second-order valence-corrected chi connectivity index (χ2v) is 5.39. The van der Waals surface area contributed by atoms with E-state index in [9.17, 15) is 14.4 Å². The van der Waals surface area contributed by atoms with Gasteiger partial charge in [0.15, 0.2) is 12.4 Å². The van der Waals surface area contributed by atoms with Crippen LogP contribution in [0.4, 0.5) is 5.69 Å². The number of carbonyl (C=O) groups is 3. The molecule has 1 heterocycles. The molecule has 0 N–H and O–H groups in total. The number of Topliss-reactive ketones (excluding diaryl/α,β-unsaturated/α-hetero) is 1. The minimum Gasteiger partial charge on any atom is -0.482 e. The maximum atomic E-state index is 12.0. The largest absolute Gasteiger partial charge is 0.482 e. The second-order valence-electron chi connectivity index (χ2n) is 4.74. The number of ketones is 1. The summed E-state index contributed by atoms with van der Waals surface area (Å²) in [7, 11) is 0. The molecular formula is C15H16ClNO5. The number of rotatable bonds is 5. The van der Waals surface area contributed by atoms with Gasteiger partial charge in [0.2, 0.25) is 0 Å². The standard InChI is InChI=1S/C15H16ClNO5/c1-3-21-14(19)7-17-11-6-10(15(20)9(2)16)4-5-12(11)22-8-13(17)18/h4-6,9H,3,7-8H2,1-2H3. The number of carbonyl (C=O) groups excluding carboxylic acids is 3. The van der Waals surface area contributed by atoms with Crippen molar-refractivity contribution in [3.8, 4) is 5.75 Å². The smallest absolute Gasteiger partial charge is 0.326 e. The number of amides is 1. The fraction of sp³-hybridized carbons (Fsp3) is 0.400. The Morgan fingerprint density at radius 3 is 2.82 bits per heavy atom. The summed E-state index contributed by atoms with van der Waals surface area (Å²) in [4.78, 5) is 36.9. The molecule has 0 radical (unpaired) electrons. The molecule has 0 saturated heterocycles. The van der Waals surface area contributed by atoms with Crippen LogP contribution < -0.4 is 9.64 Å². The lowest BCUT2D eigenvalue weighted by molar-refractivity contribution is -0.142. The summed E-state index contributed by atoms with van der Waals surface area (Å²) < 4.78 is 10.2. The van der Waals surface area contributed by atoms with Crippen molar-refractivity contribution in [3.63, 3.8) is 0 Å². The minimum absolute atomic E-state index is 0.161. The molecule has 22 heavy (non-hydrogen) atoms. The highest BCUT2D eigenvalue weighted by Gasteiger charge is 2.29. The van der Waals surface area contributed by atoms with Gasteiger partial charge in [-0.2, -0.15) is 0 Å². The van der Waals surface area contributed by atoms with Crippen LogP contribution >= 0.6 is 11.6 Å². The maximum Gasteiger partial charge on any atom is 0.326 e. The Bertz CT molecular complexity index is 614. The van der Waals surface area contributed by atoms with Gasteiger partial charge in [-0.3, -0.25) is 19.3 Å². The SMILES string of the molecule is CCOC(=O)CN1C(=O)COc2ccc(C(=O)C(C)Cl)cc21. The van der Waals surface area contributed by atoms with Gasteiger partial charge in [-0.15, -0.1) is 11.6 Å². The molecule has 1 amide bonds. The molecule has 0 bridgehead atoms. The molecule has 0 aliphatic carbocycles. The second kappa shape index (κ2) is 6.79. The van der Waals surface area contributed by atoms with E-state index in [-0.39, 0.29) is 31.4 Å². The van der Waals surface area contributed by atoms with Gasteiger partial charge in [-0.25, -0.2) is 0 Å². The summed E-state index contributed by atoms with van der Waals surface area (Å²) in [6.45, 7) is 3.10. The van der Waals surface area contributed by atoms with Gasteiger partial charge < -0.3 is 9.47 Å². The Morgan fingerprint density at radius 1 is 1.45 bits per heavy atom. The molecule has 0 saturated carbocycles. The zero-order valence-corrected chi connectivity index (χ0v) is 13.1. The van der Waals surface area contributed by atoms with E-state index in [0.717, 1.165) is 0 Å². The molecule has 1 atom stereocenters. The van der Waals surface area contributed by atoms with E-state index in [1.165, 1.54) is 11.0 Å². The van der Waals surface area contributed by atoms with E-state index < -0.39 is 11.3 Å². The van der Waals surface area contributed by atoms with Crippen molar-refractivity contribution in [1.29, 1.82) is 0 Å². The van der Waals surface area contributed by atoms with Crippen molar-refractivity contribution in [3.05, 3.63) is 23.8 Å². The van der Waals surface area contributed by atoms with Crippen molar-refractivity contribution < 1.29 is 23.9 Å². The van der Waals surface area contributed by atoms with Crippen LogP contribution in [0.25, 0.3) is 0 Å². The Kier molecular flexibility index (Phi) is 5.03. The van der Waals surface area contributed by atoms with E-state index in [2.05, 4.69) is 0 Å². The normalized spacial score (nSPS) is 14.9. The van der Waals surface area contributed by atoms with Crippen LogP contribution in [0.1, 0.15) is 24.2 Å². The van der Waals surface area contributed by atoms with E-state index in [4.69, 9.17) is 21.1 Å². The van der Waals surface area contributed by atoms with Crippen molar-refractivity contribution >= 4 is 34.9 Å². The summed E-state index contributed by atoms with van der Waals surface area (Å²) >= 11 is 5.80. The molecule has 2 rings (SSSR count). The third-order valence-corrected chi connectivity index (χ3v) is 3.34. The van der Waals surface area contributed by atoms with Gasteiger partial charge in [0.25, 0.3) is 5.91 Å². The van der Waals surface area contributed by atoms with Crippen molar-refractivity contribution in [2.45, 2.75) is 19.2 Å². The summed E-state index contributed by atoms with van der Waals surface area (Å²) in [5.41, 5.74) is 0.723. The first kappa shape index (κ1) is 16.3. The molecule has 0 spiro atoms. The third kappa shape index (κ3) is 3.39.